The van der Waals surface area contributed by atoms with Crippen molar-refractivity contribution in [2.45, 2.75) is 20.4 Å². The van der Waals surface area contributed by atoms with Crippen LogP contribution >= 0.6 is 0 Å². The molecule has 18 heavy (non-hydrogen) atoms. The van der Waals surface area contributed by atoms with E-state index in [-0.39, 0.29) is 18.5 Å². The van der Waals surface area contributed by atoms with E-state index in [2.05, 4.69) is 5.32 Å². The summed E-state index contributed by atoms with van der Waals surface area (Å²) in [5.41, 5.74) is 0.836. The minimum atomic E-state index is -1.02. The number of furan rings is 1. The molecule has 1 rings (SSSR count). The standard InChI is InChI=1S/C12H18N2O4/c1-9(2)6-14(7-11(15)16)12(17)13-5-10-3-4-18-8-10/h3-4,8-9H,5-7H2,1-2H3,(H,13,17)(H,15,16). The molecule has 0 aliphatic heterocycles. The Labute approximate surface area is 106 Å². The number of nitrogens with one attached hydrogen (secondary N) is 1. The van der Waals surface area contributed by atoms with E-state index in [4.69, 9.17) is 9.52 Å². The van der Waals surface area contributed by atoms with Gasteiger partial charge in [-0.1, -0.05) is 13.8 Å². The highest BCUT2D eigenvalue weighted by Gasteiger charge is 2.17. The van der Waals surface area contributed by atoms with Gasteiger partial charge in [-0.15, -0.1) is 0 Å². The SMILES string of the molecule is CC(C)CN(CC(=O)O)C(=O)NCc1ccoc1. The van der Waals surface area contributed by atoms with Gasteiger partial charge in [0.1, 0.15) is 6.54 Å². The summed E-state index contributed by atoms with van der Waals surface area (Å²) in [6, 6.07) is 1.36. The minimum absolute atomic E-state index is 0.212. The molecule has 1 heterocycles. The van der Waals surface area contributed by atoms with Crippen LogP contribution in [0.5, 0.6) is 0 Å². The number of hydrogen-bond donors (Lipinski definition) is 2. The lowest BCUT2D eigenvalue weighted by Crippen LogP contribution is -2.44. The highest BCUT2D eigenvalue weighted by molar-refractivity contribution is 5.80. The fourth-order valence-corrected chi connectivity index (χ4v) is 1.51. The second kappa shape index (κ2) is 6.68. The van der Waals surface area contributed by atoms with Crippen LogP contribution < -0.4 is 5.32 Å². The van der Waals surface area contributed by atoms with Crippen LogP contribution in [0.2, 0.25) is 0 Å². The fourth-order valence-electron chi connectivity index (χ4n) is 1.51. The van der Waals surface area contributed by atoms with Gasteiger partial charge in [0, 0.05) is 18.7 Å². The van der Waals surface area contributed by atoms with Crippen molar-refractivity contribution >= 4 is 12.0 Å². The Morgan fingerprint density at radius 1 is 1.50 bits per heavy atom. The first-order valence-corrected chi connectivity index (χ1v) is 5.74. The van der Waals surface area contributed by atoms with Crippen LogP contribution in [0.3, 0.4) is 0 Å². The number of aliphatic carboxylic acids is 1. The van der Waals surface area contributed by atoms with E-state index in [9.17, 15) is 9.59 Å². The molecule has 1 aromatic heterocycles. The maximum atomic E-state index is 11.8. The molecule has 0 saturated heterocycles. The lowest BCUT2D eigenvalue weighted by molar-refractivity contribution is -0.137. The highest BCUT2D eigenvalue weighted by Crippen LogP contribution is 2.02. The molecule has 0 spiro atoms. The quantitative estimate of drug-likeness (QED) is 0.806. The van der Waals surface area contributed by atoms with Crippen molar-refractivity contribution in [2.24, 2.45) is 5.92 Å². The third-order valence-corrected chi connectivity index (χ3v) is 2.22. The summed E-state index contributed by atoms with van der Waals surface area (Å²) in [5, 5.41) is 11.4. The van der Waals surface area contributed by atoms with Gasteiger partial charge in [-0.05, 0) is 12.0 Å². The zero-order valence-electron chi connectivity index (χ0n) is 10.5. The average Bonchev–Trinajstić information content (AvgIpc) is 2.76. The second-order valence-electron chi connectivity index (χ2n) is 4.46. The molecule has 0 unspecified atom stereocenters. The summed E-state index contributed by atoms with van der Waals surface area (Å²) in [5.74, 6) is -0.807. The zero-order valence-corrected chi connectivity index (χ0v) is 10.5. The van der Waals surface area contributed by atoms with E-state index in [1.807, 2.05) is 13.8 Å². The molecule has 0 bridgehead atoms. The van der Waals surface area contributed by atoms with E-state index in [1.54, 1.807) is 6.07 Å². The Balaban J connectivity index is 2.50. The van der Waals surface area contributed by atoms with Crippen LogP contribution in [-0.4, -0.2) is 35.1 Å². The van der Waals surface area contributed by atoms with Crippen molar-refractivity contribution in [3.8, 4) is 0 Å². The molecular weight excluding hydrogens is 236 g/mol. The highest BCUT2D eigenvalue weighted by atomic mass is 16.4. The van der Waals surface area contributed by atoms with Gasteiger partial charge < -0.3 is 19.7 Å². The van der Waals surface area contributed by atoms with Gasteiger partial charge in [0.2, 0.25) is 0 Å². The summed E-state index contributed by atoms with van der Waals surface area (Å²) in [6.07, 6.45) is 3.05. The first-order chi connectivity index (χ1) is 8.49. The van der Waals surface area contributed by atoms with E-state index < -0.39 is 5.97 Å². The molecule has 2 amide bonds. The summed E-state index contributed by atoms with van der Waals surface area (Å²) in [4.78, 5) is 23.8. The lowest BCUT2D eigenvalue weighted by atomic mass is 10.2. The number of carboxylic acid groups (broad SMARTS) is 1. The molecule has 0 atom stereocenters. The normalized spacial score (nSPS) is 10.4. The minimum Gasteiger partial charge on any atom is -0.480 e. The number of nitrogens with zero attached hydrogens (tertiary/aromatic N) is 1. The van der Waals surface area contributed by atoms with Crippen LogP contribution in [0.4, 0.5) is 4.79 Å². The maximum Gasteiger partial charge on any atom is 0.323 e. The van der Waals surface area contributed by atoms with E-state index in [0.717, 1.165) is 5.56 Å². The van der Waals surface area contributed by atoms with Crippen molar-refractivity contribution in [1.82, 2.24) is 10.2 Å². The molecule has 100 valence electrons. The molecule has 1 aromatic rings. The predicted octanol–water partition coefficient (Wildman–Crippen LogP) is 1.53. The van der Waals surface area contributed by atoms with Crippen molar-refractivity contribution in [1.29, 1.82) is 0 Å². The van der Waals surface area contributed by atoms with Crippen LogP contribution in [0.25, 0.3) is 0 Å². The molecule has 0 aliphatic carbocycles. The number of hydrogen-bond acceptors (Lipinski definition) is 3. The summed E-state index contributed by atoms with van der Waals surface area (Å²) in [7, 11) is 0. The Morgan fingerprint density at radius 2 is 2.22 bits per heavy atom. The van der Waals surface area contributed by atoms with E-state index in [0.29, 0.717) is 13.1 Å². The molecule has 0 saturated carbocycles. The summed E-state index contributed by atoms with van der Waals surface area (Å²) in [6.45, 7) is 4.29. The number of carbonyl (C=O) groups is 2. The fraction of sp³-hybridized carbons (Fsp3) is 0.500. The average molecular weight is 254 g/mol. The van der Waals surface area contributed by atoms with Gasteiger partial charge in [-0.3, -0.25) is 4.79 Å². The van der Waals surface area contributed by atoms with E-state index in [1.165, 1.54) is 17.4 Å². The third-order valence-electron chi connectivity index (χ3n) is 2.22. The first kappa shape index (κ1) is 14.1. The van der Waals surface area contributed by atoms with E-state index >= 15 is 0 Å². The third kappa shape index (κ3) is 4.90. The summed E-state index contributed by atoms with van der Waals surface area (Å²) < 4.78 is 4.88. The lowest BCUT2D eigenvalue weighted by Gasteiger charge is -2.22. The van der Waals surface area contributed by atoms with Gasteiger partial charge >= 0.3 is 12.0 Å². The molecule has 2 N–H and O–H groups in total. The summed E-state index contributed by atoms with van der Waals surface area (Å²) >= 11 is 0. The molecule has 0 aromatic carbocycles. The second-order valence-corrected chi connectivity index (χ2v) is 4.46. The van der Waals surface area contributed by atoms with Crippen LogP contribution in [-0.2, 0) is 11.3 Å². The van der Waals surface area contributed by atoms with Gasteiger partial charge in [0.05, 0.1) is 12.5 Å². The zero-order chi connectivity index (χ0) is 13.5. The van der Waals surface area contributed by atoms with Crippen molar-refractivity contribution < 1.29 is 19.1 Å². The Bertz CT molecular complexity index is 387. The van der Waals surface area contributed by atoms with Gasteiger partial charge in [0.15, 0.2) is 0 Å². The Morgan fingerprint density at radius 3 is 2.72 bits per heavy atom. The van der Waals surface area contributed by atoms with Gasteiger partial charge in [-0.2, -0.15) is 0 Å². The number of amides is 2. The molecule has 6 heteroatoms. The van der Waals surface area contributed by atoms with Crippen molar-refractivity contribution in [3.05, 3.63) is 24.2 Å². The smallest absolute Gasteiger partial charge is 0.323 e. The Hall–Kier alpha value is -1.98. The molecular formula is C12H18N2O4. The largest absolute Gasteiger partial charge is 0.480 e. The predicted molar refractivity (Wildman–Crippen MR) is 65.0 cm³/mol. The molecule has 0 aliphatic rings. The molecule has 6 nitrogen and oxygen atoms in total. The monoisotopic (exact) mass is 254 g/mol. The van der Waals surface area contributed by atoms with Gasteiger partial charge in [-0.25, -0.2) is 4.79 Å². The molecule has 0 radical (unpaired) electrons. The Kier molecular flexibility index (Phi) is 5.23. The van der Waals surface area contributed by atoms with Crippen LogP contribution in [0.15, 0.2) is 23.0 Å². The topological polar surface area (TPSA) is 82.8 Å². The number of urea groups is 1. The molecule has 0 fully saturated rings. The number of rotatable bonds is 6. The van der Waals surface area contributed by atoms with Crippen molar-refractivity contribution in [2.75, 3.05) is 13.1 Å². The van der Waals surface area contributed by atoms with Crippen molar-refractivity contribution in [3.63, 3.8) is 0 Å². The van der Waals surface area contributed by atoms with Crippen LogP contribution in [0, 0.1) is 5.92 Å². The number of carbonyl (C=O) groups excluding carboxylic acids is 1. The first-order valence-electron chi connectivity index (χ1n) is 5.74. The maximum absolute atomic E-state index is 11.8. The number of carboxylic acids is 1. The van der Waals surface area contributed by atoms with Gasteiger partial charge in [0.25, 0.3) is 0 Å². The van der Waals surface area contributed by atoms with Crippen LogP contribution in [0.1, 0.15) is 19.4 Å².